The molecule has 1 heterocycles. The molecule has 2 rings (SSSR count). The van der Waals surface area contributed by atoms with Crippen molar-refractivity contribution in [2.24, 2.45) is 0 Å². The molecule has 0 atom stereocenters. The molecule has 7 heteroatoms. The Kier molecular flexibility index (Phi) is 5.09. The van der Waals surface area contributed by atoms with E-state index in [1.165, 1.54) is 10.9 Å². The summed E-state index contributed by atoms with van der Waals surface area (Å²) in [6.07, 6.45) is 0. The average molecular weight is 406 g/mol. The van der Waals surface area contributed by atoms with Gasteiger partial charge in [-0.3, -0.25) is 10.1 Å². The van der Waals surface area contributed by atoms with Crippen LogP contribution in [0.5, 0.6) is 0 Å². The van der Waals surface area contributed by atoms with Gasteiger partial charge in [0.15, 0.2) is 0 Å². The fourth-order valence-electron chi connectivity index (χ4n) is 1.62. The first-order chi connectivity index (χ1) is 9.06. The van der Waals surface area contributed by atoms with Gasteiger partial charge in [0.2, 0.25) is 0 Å². The highest BCUT2D eigenvalue weighted by Gasteiger charge is 2.13. The summed E-state index contributed by atoms with van der Waals surface area (Å²) in [5.41, 5.74) is 0.818. The molecule has 1 aromatic carbocycles. The van der Waals surface area contributed by atoms with E-state index in [9.17, 15) is 10.1 Å². The van der Waals surface area contributed by atoms with Gasteiger partial charge in [0.1, 0.15) is 0 Å². The van der Waals surface area contributed by atoms with Gasteiger partial charge in [-0.2, -0.15) is 0 Å². The fraction of sp³-hybridized carbons (Fsp3) is 0.167. The van der Waals surface area contributed by atoms with E-state index in [4.69, 9.17) is 0 Å². The minimum atomic E-state index is -0.358. The van der Waals surface area contributed by atoms with Crippen LogP contribution in [0.15, 0.2) is 38.6 Å². The van der Waals surface area contributed by atoms with Crippen molar-refractivity contribution in [3.63, 3.8) is 0 Å². The maximum atomic E-state index is 11.0. The number of hydrogen-bond acceptors (Lipinski definition) is 4. The van der Waals surface area contributed by atoms with Gasteiger partial charge in [0.05, 0.1) is 4.92 Å². The fourth-order valence-corrected chi connectivity index (χ4v) is 3.39. The van der Waals surface area contributed by atoms with Gasteiger partial charge in [-0.15, -0.1) is 11.3 Å². The molecule has 0 aliphatic heterocycles. The van der Waals surface area contributed by atoms with Gasteiger partial charge in [0, 0.05) is 43.9 Å². The summed E-state index contributed by atoms with van der Waals surface area (Å²) in [5, 5.41) is 16.2. The Hall–Kier alpha value is -0.760. The Morgan fingerprint density at radius 2 is 2.00 bits per heavy atom. The van der Waals surface area contributed by atoms with Crippen LogP contribution in [0.4, 0.5) is 5.69 Å². The number of thiophene rings is 1. The monoisotopic (exact) mass is 404 g/mol. The van der Waals surface area contributed by atoms with Gasteiger partial charge in [0.25, 0.3) is 5.69 Å². The summed E-state index contributed by atoms with van der Waals surface area (Å²) in [7, 11) is 0. The van der Waals surface area contributed by atoms with Gasteiger partial charge in [-0.1, -0.05) is 15.9 Å². The van der Waals surface area contributed by atoms with Crippen molar-refractivity contribution in [2.45, 2.75) is 13.1 Å². The molecule has 0 aliphatic rings. The highest BCUT2D eigenvalue weighted by atomic mass is 79.9. The molecule has 0 fully saturated rings. The molecule has 0 aliphatic carbocycles. The average Bonchev–Trinajstić information content (AvgIpc) is 2.77. The topological polar surface area (TPSA) is 55.2 Å². The van der Waals surface area contributed by atoms with E-state index in [2.05, 4.69) is 37.2 Å². The molecule has 2 aromatic rings. The molecule has 0 saturated carbocycles. The second kappa shape index (κ2) is 6.60. The highest BCUT2D eigenvalue weighted by molar-refractivity contribution is 9.10. The number of hydrogen-bond donors (Lipinski definition) is 1. The molecule has 1 aromatic heterocycles. The zero-order valence-corrected chi connectivity index (χ0v) is 13.7. The van der Waals surface area contributed by atoms with Crippen LogP contribution in [0.1, 0.15) is 10.4 Å². The number of nitro groups is 1. The summed E-state index contributed by atoms with van der Waals surface area (Å²) >= 11 is 8.29. The van der Waals surface area contributed by atoms with Crippen molar-refractivity contribution in [2.75, 3.05) is 0 Å². The van der Waals surface area contributed by atoms with Gasteiger partial charge >= 0.3 is 0 Å². The Labute approximate surface area is 131 Å². The lowest BCUT2D eigenvalue weighted by atomic mass is 10.2. The van der Waals surface area contributed by atoms with Gasteiger partial charge < -0.3 is 5.32 Å². The zero-order valence-electron chi connectivity index (χ0n) is 9.73. The highest BCUT2D eigenvalue weighted by Crippen LogP contribution is 2.24. The molecule has 0 unspecified atom stereocenters. The van der Waals surface area contributed by atoms with Crippen LogP contribution < -0.4 is 5.32 Å². The summed E-state index contributed by atoms with van der Waals surface area (Å²) in [6, 6.07) is 7.14. The zero-order chi connectivity index (χ0) is 13.8. The van der Waals surface area contributed by atoms with Crippen LogP contribution in [0.25, 0.3) is 0 Å². The maximum Gasteiger partial charge on any atom is 0.275 e. The lowest BCUT2D eigenvalue weighted by Gasteiger charge is -2.05. The normalized spacial score (nSPS) is 10.6. The van der Waals surface area contributed by atoms with E-state index in [0.717, 1.165) is 4.47 Å². The molecule has 4 nitrogen and oxygen atoms in total. The Morgan fingerprint density at radius 1 is 1.21 bits per heavy atom. The van der Waals surface area contributed by atoms with E-state index in [-0.39, 0.29) is 10.6 Å². The standard InChI is InChI=1S/C12H10Br2N2O2S/c13-9-2-1-8(12(4-9)16(17)18)5-15-6-11-3-10(14)7-19-11/h1-4,7,15H,5-6H2. The van der Waals surface area contributed by atoms with Gasteiger partial charge in [-0.25, -0.2) is 0 Å². The Balaban J connectivity index is 2.01. The van der Waals surface area contributed by atoms with Crippen molar-refractivity contribution in [1.29, 1.82) is 0 Å². The molecular formula is C12H10Br2N2O2S. The Morgan fingerprint density at radius 3 is 2.63 bits per heavy atom. The lowest BCUT2D eigenvalue weighted by molar-refractivity contribution is -0.385. The smallest absolute Gasteiger partial charge is 0.275 e. The van der Waals surface area contributed by atoms with Crippen LogP contribution in [-0.2, 0) is 13.1 Å². The number of nitrogens with one attached hydrogen (secondary N) is 1. The summed E-state index contributed by atoms with van der Waals surface area (Å²) < 4.78 is 1.77. The summed E-state index contributed by atoms with van der Waals surface area (Å²) in [5.74, 6) is 0. The number of benzene rings is 1. The number of nitro benzene ring substituents is 1. The first-order valence-corrected chi connectivity index (χ1v) is 7.89. The Bertz CT molecular complexity index is 601. The lowest BCUT2D eigenvalue weighted by Crippen LogP contribution is -2.13. The molecule has 0 bridgehead atoms. The van der Waals surface area contributed by atoms with E-state index in [1.807, 2.05) is 17.5 Å². The molecule has 0 amide bonds. The van der Waals surface area contributed by atoms with Crippen LogP contribution in [0.3, 0.4) is 0 Å². The third-order valence-electron chi connectivity index (χ3n) is 2.48. The van der Waals surface area contributed by atoms with E-state index in [1.54, 1.807) is 17.4 Å². The minimum absolute atomic E-state index is 0.134. The third kappa shape index (κ3) is 4.10. The minimum Gasteiger partial charge on any atom is -0.308 e. The van der Waals surface area contributed by atoms with Gasteiger partial charge in [-0.05, 0) is 34.1 Å². The van der Waals surface area contributed by atoms with Crippen molar-refractivity contribution in [3.05, 3.63) is 59.1 Å². The molecule has 100 valence electrons. The SMILES string of the molecule is O=[N+]([O-])c1cc(Br)ccc1CNCc1cc(Br)cs1. The van der Waals surface area contributed by atoms with Crippen molar-refractivity contribution < 1.29 is 4.92 Å². The maximum absolute atomic E-state index is 11.0. The summed E-state index contributed by atoms with van der Waals surface area (Å²) in [4.78, 5) is 11.8. The first kappa shape index (κ1) is 14.6. The predicted molar refractivity (Wildman–Crippen MR) is 83.4 cm³/mol. The van der Waals surface area contributed by atoms with E-state index in [0.29, 0.717) is 23.1 Å². The van der Waals surface area contributed by atoms with Crippen LogP contribution >= 0.6 is 43.2 Å². The second-order valence-electron chi connectivity index (χ2n) is 3.86. The van der Waals surface area contributed by atoms with E-state index >= 15 is 0 Å². The van der Waals surface area contributed by atoms with Crippen molar-refractivity contribution in [3.8, 4) is 0 Å². The van der Waals surface area contributed by atoms with Crippen molar-refractivity contribution >= 4 is 48.9 Å². The molecule has 19 heavy (non-hydrogen) atoms. The second-order valence-corrected chi connectivity index (χ2v) is 6.69. The third-order valence-corrected chi connectivity index (χ3v) is 4.67. The molecule has 0 spiro atoms. The van der Waals surface area contributed by atoms with Crippen molar-refractivity contribution in [1.82, 2.24) is 5.32 Å². The molecule has 1 N–H and O–H groups in total. The van der Waals surface area contributed by atoms with Crippen LogP contribution in [0.2, 0.25) is 0 Å². The molecular weight excluding hydrogens is 396 g/mol. The van der Waals surface area contributed by atoms with Crippen LogP contribution in [-0.4, -0.2) is 4.92 Å². The molecule has 0 radical (unpaired) electrons. The van der Waals surface area contributed by atoms with Crippen LogP contribution in [0, 0.1) is 10.1 Å². The predicted octanol–water partition coefficient (Wildman–Crippen LogP) is 4.47. The first-order valence-electron chi connectivity index (χ1n) is 5.42. The largest absolute Gasteiger partial charge is 0.308 e. The number of nitrogens with zero attached hydrogens (tertiary/aromatic N) is 1. The quantitative estimate of drug-likeness (QED) is 0.589. The van der Waals surface area contributed by atoms with E-state index < -0.39 is 0 Å². The number of rotatable bonds is 5. The molecule has 0 saturated heterocycles. The summed E-state index contributed by atoms with van der Waals surface area (Å²) in [6.45, 7) is 1.17. The number of halogens is 2.